The van der Waals surface area contributed by atoms with Gasteiger partial charge in [0.15, 0.2) is 5.11 Å². The molecule has 2 heterocycles. The lowest BCUT2D eigenvalue weighted by atomic mass is 10.2. The maximum atomic E-state index is 6.32. The molecule has 1 aromatic heterocycles. The number of halogens is 2. The lowest BCUT2D eigenvalue weighted by Gasteiger charge is -2.26. The predicted molar refractivity (Wildman–Crippen MR) is 104 cm³/mol. The largest absolute Gasteiger partial charge is 0.467 e. The van der Waals surface area contributed by atoms with Crippen molar-refractivity contribution < 1.29 is 9.15 Å². The van der Waals surface area contributed by atoms with E-state index in [1.54, 1.807) is 18.4 Å². The van der Waals surface area contributed by atoms with Crippen molar-refractivity contribution in [3.05, 3.63) is 58.0 Å². The van der Waals surface area contributed by atoms with Crippen LogP contribution in [0.3, 0.4) is 0 Å². The number of ether oxygens (including phenoxy) is 1. The first-order valence-corrected chi connectivity index (χ1v) is 9.39. The van der Waals surface area contributed by atoms with Crippen molar-refractivity contribution in [3.8, 4) is 0 Å². The second-order valence-corrected chi connectivity index (χ2v) is 7.22. The van der Waals surface area contributed by atoms with Crippen molar-refractivity contribution in [2.75, 3.05) is 13.2 Å². The highest BCUT2D eigenvalue weighted by molar-refractivity contribution is 7.80. The summed E-state index contributed by atoms with van der Waals surface area (Å²) >= 11 is 18.0. The molecular weight excluding hydrogens is 379 g/mol. The van der Waals surface area contributed by atoms with E-state index in [-0.39, 0.29) is 6.10 Å². The lowest BCUT2D eigenvalue weighted by Crippen LogP contribution is -2.42. The molecule has 0 unspecified atom stereocenters. The van der Waals surface area contributed by atoms with Crippen molar-refractivity contribution in [2.45, 2.75) is 32.0 Å². The van der Waals surface area contributed by atoms with Crippen LogP contribution in [0, 0.1) is 0 Å². The van der Waals surface area contributed by atoms with Gasteiger partial charge in [-0.15, -0.1) is 0 Å². The van der Waals surface area contributed by atoms with Crippen LogP contribution in [0.1, 0.15) is 24.2 Å². The molecule has 0 radical (unpaired) electrons. The molecule has 4 nitrogen and oxygen atoms in total. The van der Waals surface area contributed by atoms with Crippen LogP contribution in [0.2, 0.25) is 10.0 Å². The minimum atomic E-state index is 0.221. The second kappa shape index (κ2) is 8.90. The SMILES string of the molecule is S=C(NC[C@@H]1CCCO1)N(Cc1ccco1)Cc1cc(Cl)ccc1Cl. The third-order valence-electron chi connectivity index (χ3n) is 4.09. The Morgan fingerprint density at radius 1 is 1.28 bits per heavy atom. The highest BCUT2D eigenvalue weighted by Crippen LogP contribution is 2.23. The van der Waals surface area contributed by atoms with Gasteiger partial charge in [-0.3, -0.25) is 0 Å². The fraction of sp³-hybridized carbons (Fsp3) is 0.389. The van der Waals surface area contributed by atoms with E-state index >= 15 is 0 Å². The third-order valence-corrected chi connectivity index (χ3v) is 5.09. The Morgan fingerprint density at radius 3 is 2.88 bits per heavy atom. The van der Waals surface area contributed by atoms with Gasteiger partial charge in [0, 0.05) is 29.7 Å². The van der Waals surface area contributed by atoms with E-state index in [2.05, 4.69) is 5.32 Å². The summed E-state index contributed by atoms with van der Waals surface area (Å²) in [5.41, 5.74) is 0.919. The molecule has 7 heteroatoms. The Hall–Kier alpha value is -1.27. The molecule has 0 aliphatic carbocycles. The highest BCUT2D eigenvalue weighted by Gasteiger charge is 2.19. The van der Waals surface area contributed by atoms with Gasteiger partial charge in [0.1, 0.15) is 5.76 Å². The van der Waals surface area contributed by atoms with Crippen LogP contribution in [-0.2, 0) is 17.8 Å². The molecule has 1 N–H and O–H groups in total. The summed E-state index contributed by atoms with van der Waals surface area (Å²) in [5, 5.41) is 5.26. The van der Waals surface area contributed by atoms with E-state index in [4.69, 9.17) is 44.6 Å². The van der Waals surface area contributed by atoms with Gasteiger partial charge in [0.25, 0.3) is 0 Å². The molecule has 134 valence electrons. The molecule has 1 atom stereocenters. The Morgan fingerprint density at radius 2 is 2.16 bits per heavy atom. The molecule has 25 heavy (non-hydrogen) atoms. The number of hydrogen-bond acceptors (Lipinski definition) is 3. The Kier molecular flexibility index (Phi) is 6.59. The molecule has 1 aliphatic rings. The van der Waals surface area contributed by atoms with Gasteiger partial charge in [0.2, 0.25) is 0 Å². The van der Waals surface area contributed by atoms with E-state index in [0.29, 0.717) is 34.8 Å². The van der Waals surface area contributed by atoms with E-state index in [1.165, 1.54) is 0 Å². The summed E-state index contributed by atoms with van der Waals surface area (Å²) in [5.74, 6) is 0.833. The number of rotatable bonds is 6. The molecule has 1 aliphatic heterocycles. The van der Waals surface area contributed by atoms with E-state index in [0.717, 1.165) is 30.8 Å². The topological polar surface area (TPSA) is 37.6 Å². The predicted octanol–water partition coefficient (Wildman–Crippen LogP) is 4.64. The number of thiocarbonyl (C=S) groups is 1. The molecule has 0 saturated carbocycles. The molecule has 1 fully saturated rings. The number of nitrogens with one attached hydrogen (secondary N) is 1. The zero-order valence-corrected chi connectivity index (χ0v) is 16.0. The van der Waals surface area contributed by atoms with Crippen LogP contribution in [0.25, 0.3) is 0 Å². The molecular formula is C18H20Cl2N2O2S. The van der Waals surface area contributed by atoms with Gasteiger partial charge in [-0.05, 0) is 61.0 Å². The highest BCUT2D eigenvalue weighted by atomic mass is 35.5. The minimum absolute atomic E-state index is 0.221. The first-order chi connectivity index (χ1) is 12.1. The van der Waals surface area contributed by atoms with Crippen LogP contribution in [0.15, 0.2) is 41.0 Å². The summed E-state index contributed by atoms with van der Waals surface area (Å²) in [6, 6.07) is 9.23. The summed E-state index contributed by atoms with van der Waals surface area (Å²) < 4.78 is 11.1. The fourth-order valence-electron chi connectivity index (χ4n) is 2.78. The maximum absolute atomic E-state index is 6.32. The molecule has 1 saturated heterocycles. The Balaban J connectivity index is 1.69. The number of furan rings is 1. The first-order valence-electron chi connectivity index (χ1n) is 8.22. The van der Waals surface area contributed by atoms with Gasteiger partial charge < -0.3 is 19.4 Å². The summed E-state index contributed by atoms with van der Waals surface area (Å²) in [6.45, 7) is 2.62. The average Bonchev–Trinajstić information content (AvgIpc) is 3.29. The summed E-state index contributed by atoms with van der Waals surface area (Å²) in [6.07, 6.45) is 4.04. The number of nitrogens with zero attached hydrogens (tertiary/aromatic N) is 1. The van der Waals surface area contributed by atoms with Crippen LogP contribution >= 0.6 is 35.4 Å². The van der Waals surface area contributed by atoms with Crippen molar-refractivity contribution in [1.29, 1.82) is 0 Å². The van der Waals surface area contributed by atoms with Gasteiger partial charge >= 0.3 is 0 Å². The standard InChI is InChI=1S/C18H20Cl2N2O2S/c19-14-5-6-17(20)13(9-14)11-22(12-16-4-2-8-24-16)18(25)21-10-15-3-1-7-23-15/h2,4-6,8-9,15H,1,3,7,10-12H2,(H,21,25)/t15-/m0/s1. The van der Waals surface area contributed by atoms with E-state index in [9.17, 15) is 0 Å². The normalized spacial score (nSPS) is 16.8. The summed E-state index contributed by atoms with van der Waals surface area (Å²) in [4.78, 5) is 2.01. The quantitative estimate of drug-likeness (QED) is 0.717. The molecule has 2 aromatic rings. The fourth-order valence-corrected chi connectivity index (χ4v) is 3.36. The Bertz CT molecular complexity index is 703. The molecule has 0 amide bonds. The zero-order valence-electron chi connectivity index (χ0n) is 13.7. The number of hydrogen-bond donors (Lipinski definition) is 1. The zero-order chi connectivity index (χ0) is 17.6. The molecule has 0 bridgehead atoms. The van der Waals surface area contributed by atoms with Crippen LogP contribution < -0.4 is 5.32 Å². The first kappa shape index (κ1) is 18.5. The van der Waals surface area contributed by atoms with Crippen molar-refractivity contribution in [3.63, 3.8) is 0 Å². The van der Waals surface area contributed by atoms with Crippen LogP contribution in [0.5, 0.6) is 0 Å². The van der Waals surface area contributed by atoms with Gasteiger partial charge in [-0.25, -0.2) is 0 Å². The van der Waals surface area contributed by atoms with E-state index < -0.39 is 0 Å². The van der Waals surface area contributed by atoms with Gasteiger partial charge in [-0.2, -0.15) is 0 Å². The van der Waals surface area contributed by atoms with Gasteiger partial charge in [-0.1, -0.05) is 23.2 Å². The van der Waals surface area contributed by atoms with E-state index in [1.807, 2.05) is 23.1 Å². The van der Waals surface area contributed by atoms with Crippen molar-refractivity contribution >= 4 is 40.5 Å². The smallest absolute Gasteiger partial charge is 0.169 e. The van der Waals surface area contributed by atoms with Crippen LogP contribution in [0.4, 0.5) is 0 Å². The minimum Gasteiger partial charge on any atom is -0.467 e. The average molecular weight is 399 g/mol. The lowest BCUT2D eigenvalue weighted by molar-refractivity contribution is 0.113. The number of benzene rings is 1. The molecule has 1 aromatic carbocycles. The monoisotopic (exact) mass is 398 g/mol. The van der Waals surface area contributed by atoms with Crippen molar-refractivity contribution in [1.82, 2.24) is 10.2 Å². The Labute approximate surface area is 163 Å². The third kappa shape index (κ3) is 5.35. The molecule has 0 spiro atoms. The maximum Gasteiger partial charge on any atom is 0.169 e. The summed E-state index contributed by atoms with van der Waals surface area (Å²) in [7, 11) is 0. The van der Waals surface area contributed by atoms with Crippen LogP contribution in [-0.4, -0.2) is 29.3 Å². The molecule has 3 rings (SSSR count). The van der Waals surface area contributed by atoms with Gasteiger partial charge in [0.05, 0.1) is 18.9 Å². The second-order valence-electron chi connectivity index (χ2n) is 5.99. The van der Waals surface area contributed by atoms with Crippen molar-refractivity contribution in [2.24, 2.45) is 0 Å².